The van der Waals surface area contributed by atoms with E-state index in [0.29, 0.717) is 25.5 Å². The van der Waals surface area contributed by atoms with Crippen molar-refractivity contribution in [3.8, 4) is 0 Å². The van der Waals surface area contributed by atoms with Crippen molar-refractivity contribution < 1.29 is 13.9 Å². The van der Waals surface area contributed by atoms with Crippen LogP contribution < -0.4 is 0 Å². The first-order valence-corrected chi connectivity index (χ1v) is 7.01. The van der Waals surface area contributed by atoms with Gasteiger partial charge in [-0.05, 0) is 25.0 Å². The van der Waals surface area contributed by atoms with Gasteiger partial charge in [-0.25, -0.2) is 0 Å². The van der Waals surface area contributed by atoms with Crippen molar-refractivity contribution in [2.24, 2.45) is 7.05 Å². The van der Waals surface area contributed by atoms with Gasteiger partial charge in [0.2, 0.25) is 0 Å². The highest BCUT2D eigenvalue weighted by Crippen LogP contribution is 2.20. The Morgan fingerprint density at radius 1 is 1.48 bits per heavy atom. The summed E-state index contributed by atoms with van der Waals surface area (Å²) in [5.74, 6) is 0.644. The molecule has 0 atom stereocenters. The third-order valence-corrected chi connectivity index (χ3v) is 3.62. The number of hydrogen-bond acceptors (Lipinski definition) is 5. The molecule has 1 amide bonds. The van der Waals surface area contributed by atoms with Crippen LogP contribution in [-0.2, 0) is 18.3 Å². The lowest BCUT2D eigenvalue weighted by Gasteiger charge is -2.33. The summed E-state index contributed by atoms with van der Waals surface area (Å²) in [6.07, 6.45) is 4.90. The molecule has 7 nitrogen and oxygen atoms in total. The van der Waals surface area contributed by atoms with Crippen LogP contribution >= 0.6 is 0 Å². The van der Waals surface area contributed by atoms with Gasteiger partial charge in [0.25, 0.3) is 5.91 Å². The van der Waals surface area contributed by atoms with Gasteiger partial charge in [0.05, 0.1) is 19.0 Å². The molecule has 2 aromatic rings. The lowest BCUT2D eigenvalue weighted by atomic mass is 10.1. The highest BCUT2D eigenvalue weighted by atomic mass is 16.5. The quantitative estimate of drug-likeness (QED) is 0.846. The molecule has 7 heteroatoms. The van der Waals surface area contributed by atoms with Crippen LogP contribution in [0.5, 0.6) is 0 Å². The van der Waals surface area contributed by atoms with Crippen LogP contribution in [0, 0.1) is 0 Å². The Morgan fingerprint density at radius 3 is 2.90 bits per heavy atom. The fraction of sp³-hybridized carbons (Fsp3) is 0.500. The highest BCUT2D eigenvalue weighted by Gasteiger charge is 2.28. The molecule has 3 heterocycles. The molecule has 0 aliphatic carbocycles. The van der Waals surface area contributed by atoms with Crippen molar-refractivity contribution in [2.75, 3.05) is 13.2 Å². The van der Waals surface area contributed by atoms with E-state index in [0.717, 1.165) is 18.6 Å². The summed E-state index contributed by atoms with van der Waals surface area (Å²) in [6.45, 7) is 1.78. The van der Waals surface area contributed by atoms with E-state index < -0.39 is 0 Å². The van der Waals surface area contributed by atoms with Crippen LogP contribution in [0.2, 0.25) is 0 Å². The van der Waals surface area contributed by atoms with Gasteiger partial charge in [0, 0.05) is 26.3 Å². The van der Waals surface area contributed by atoms with Gasteiger partial charge >= 0.3 is 0 Å². The molecule has 1 saturated heterocycles. The molecule has 1 aliphatic rings. The third-order valence-electron chi connectivity index (χ3n) is 3.62. The van der Waals surface area contributed by atoms with Crippen LogP contribution in [0.15, 0.2) is 29.0 Å². The second-order valence-corrected chi connectivity index (χ2v) is 5.13. The smallest absolute Gasteiger partial charge is 0.276 e. The zero-order valence-electron chi connectivity index (χ0n) is 11.9. The summed E-state index contributed by atoms with van der Waals surface area (Å²) < 4.78 is 12.3. The first kappa shape index (κ1) is 13.8. The summed E-state index contributed by atoms with van der Waals surface area (Å²) in [7, 11) is 1.75. The highest BCUT2D eigenvalue weighted by molar-refractivity contribution is 5.92. The second kappa shape index (κ2) is 6.09. The largest absolute Gasteiger partial charge is 0.467 e. The standard InChI is InChI=1S/C14H18N4O3/c1-17-10-13(15-16-17)14(19)18(9-12-3-2-6-21-12)11-4-7-20-8-5-11/h2-3,6,10-11H,4-5,7-9H2,1H3. The molecule has 0 N–H and O–H groups in total. The van der Waals surface area contributed by atoms with E-state index in [2.05, 4.69) is 10.3 Å². The number of amides is 1. The molecule has 0 saturated carbocycles. The molecule has 0 spiro atoms. The molecule has 1 fully saturated rings. The monoisotopic (exact) mass is 290 g/mol. The van der Waals surface area contributed by atoms with E-state index in [4.69, 9.17) is 9.15 Å². The van der Waals surface area contributed by atoms with E-state index in [9.17, 15) is 4.79 Å². The Bertz CT molecular complexity index is 587. The molecule has 0 radical (unpaired) electrons. The topological polar surface area (TPSA) is 73.4 Å². The van der Waals surface area contributed by atoms with E-state index in [-0.39, 0.29) is 11.9 Å². The molecule has 0 aromatic carbocycles. The van der Waals surface area contributed by atoms with Crippen molar-refractivity contribution >= 4 is 5.91 Å². The molecular formula is C14H18N4O3. The van der Waals surface area contributed by atoms with E-state index in [1.54, 1.807) is 19.5 Å². The van der Waals surface area contributed by atoms with Crippen molar-refractivity contribution in [2.45, 2.75) is 25.4 Å². The summed E-state index contributed by atoms with van der Waals surface area (Å²) in [6, 6.07) is 3.83. The fourth-order valence-corrected chi connectivity index (χ4v) is 2.53. The fourth-order valence-electron chi connectivity index (χ4n) is 2.53. The summed E-state index contributed by atoms with van der Waals surface area (Å²) >= 11 is 0. The van der Waals surface area contributed by atoms with Gasteiger partial charge in [-0.15, -0.1) is 5.10 Å². The maximum atomic E-state index is 12.7. The van der Waals surface area contributed by atoms with Crippen molar-refractivity contribution in [3.05, 3.63) is 36.0 Å². The SMILES string of the molecule is Cn1cc(C(=O)N(Cc2ccco2)C2CCOCC2)nn1. The number of carbonyl (C=O) groups is 1. The predicted octanol–water partition coefficient (Wildman–Crippen LogP) is 1.23. The number of ether oxygens (including phenoxy) is 1. The van der Waals surface area contributed by atoms with Crippen molar-refractivity contribution in [3.63, 3.8) is 0 Å². The molecule has 21 heavy (non-hydrogen) atoms. The van der Waals surface area contributed by atoms with E-state index in [1.165, 1.54) is 4.68 Å². The third kappa shape index (κ3) is 3.13. The van der Waals surface area contributed by atoms with Gasteiger partial charge < -0.3 is 14.1 Å². The predicted molar refractivity (Wildman–Crippen MR) is 73.4 cm³/mol. The Labute approximate surface area is 122 Å². The van der Waals surface area contributed by atoms with Crippen LogP contribution in [0.1, 0.15) is 29.1 Å². The van der Waals surface area contributed by atoms with Gasteiger partial charge in [0.1, 0.15) is 5.76 Å². The van der Waals surface area contributed by atoms with E-state index in [1.807, 2.05) is 17.0 Å². The minimum atomic E-state index is -0.119. The molecular weight excluding hydrogens is 272 g/mol. The first-order chi connectivity index (χ1) is 10.2. The summed E-state index contributed by atoms with van der Waals surface area (Å²) in [4.78, 5) is 14.5. The molecule has 2 aromatic heterocycles. The molecule has 112 valence electrons. The summed E-state index contributed by atoms with van der Waals surface area (Å²) in [5, 5.41) is 7.75. The zero-order valence-corrected chi connectivity index (χ0v) is 11.9. The van der Waals surface area contributed by atoms with Crippen LogP contribution in [0.3, 0.4) is 0 Å². The van der Waals surface area contributed by atoms with Gasteiger partial charge in [-0.2, -0.15) is 0 Å². The Hall–Kier alpha value is -2.15. The summed E-state index contributed by atoms with van der Waals surface area (Å²) in [5.41, 5.74) is 0.357. The second-order valence-electron chi connectivity index (χ2n) is 5.13. The van der Waals surface area contributed by atoms with Gasteiger partial charge in [-0.3, -0.25) is 9.48 Å². The number of aryl methyl sites for hydroxylation is 1. The van der Waals surface area contributed by atoms with Crippen LogP contribution in [0.4, 0.5) is 0 Å². The lowest BCUT2D eigenvalue weighted by molar-refractivity contribution is 0.0246. The minimum absolute atomic E-state index is 0.119. The Kier molecular flexibility index (Phi) is 4.01. The van der Waals surface area contributed by atoms with Gasteiger partial charge in [0.15, 0.2) is 5.69 Å². The molecule has 3 rings (SSSR count). The normalized spacial score (nSPS) is 16.0. The van der Waals surface area contributed by atoms with Crippen molar-refractivity contribution in [1.29, 1.82) is 0 Å². The maximum Gasteiger partial charge on any atom is 0.276 e. The Morgan fingerprint density at radius 2 is 2.29 bits per heavy atom. The van der Waals surface area contributed by atoms with Crippen LogP contribution in [-0.4, -0.2) is 45.1 Å². The van der Waals surface area contributed by atoms with Crippen LogP contribution in [0.25, 0.3) is 0 Å². The molecule has 1 aliphatic heterocycles. The first-order valence-electron chi connectivity index (χ1n) is 7.01. The average molecular weight is 290 g/mol. The minimum Gasteiger partial charge on any atom is -0.467 e. The zero-order chi connectivity index (χ0) is 14.7. The lowest BCUT2D eigenvalue weighted by Crippen LogP contribution is -2.43. The van der Waals surface area contributed by atoms with Gasteiger partial charge in [-0.1, -0.05) is 5.21 Å². The number of aromatic nitrogens is 3. The number of rotatable bonds is 4. The number of nitrogens with zero attached hydrogens (tertiary/aromatic N) is 4. The number of furan rings is 1. The Balaban J connectivity index is 1.81. The van der Waals surface area contributed by atoms with E-state index >= 15 is 0 Å². The van der Waals surface area contributed by atoms with Crippen molar-refractivity contribution in [1.82, 2.24) is 19.9 Å². The maximum absolute atomic E-state index is 12.7. The molecule has 0 unspecified atom stereocenters. The average Bonchev–Trinajstić information content (AvgIpc) is 3.16. The molecule has 0 bridgehead atoms. The number of hydrogen-bond donors (Lipinski definition) is 0. The number of carbonyl (C=O) groups excluding carboxylic acids is 1.